The molecule has 0 radical (unpaired) electrons. The fraction of sp³-hybridized carbons (Fsp3) is 0.680. The quantitative estimate of drug-likeness (QED) is 0.132. The third kappa shape index (κ3) is 17.1. The van der Waals surface area contributed by atoms with Crippen molar-refractivity contribution < 1.29 is 0 Å². The summed E-state index contributed by atoms with van der Waals surface area (Å²) in [6.45, 7) is 57.4. The lowest BCUT2D eigenvalue weighted by atomic mass is 9.71. The molecule has 306 valence electrons. The average molecular weight is 734 g/mol. The highest BCUT2D eigenvalue weighted by molar-refractivity contribution is 5.26. The first-order valence-electron chi connectivity index (χ1n) is 21.3. The van der Waals surface area contributed by atoms with Gasteiger partial charge in [-0.1, -0.05) is 204 Å². The fourth-order valence-electron chi connectivity index (χ4n) is 8.53. The predicted octanol–water partition coefficient (Wildman–Crippen LogP) is 14.8. The molecule has 1 aromatic rings. The monoisotopic (exact) mass is 734 g/mol. The Morgan fingerprint density at radius 2 is 1.32 bits per heavy atom. The molecule has 0 spiro atoms. The molecule has 0 amide bonds. The van der Waals surface area contributed by atoms with Crippen molar-refractivity contribution in [2.45, 2.75) is 180 Å². The Morgan fingerprint density at radius 1 is 0.830 bits per heavy atom. The van der Waals surface area contributed by atoms with E-state index in [9.17, 15) is 0 Å². The summed E-state index contributed by atoms with van der Waals surface area (Å²) >= 11 is 0. The number of hydrogen-bond acceptors (Lipinski definition) is 3. The van der Waals surface area contributed by atoms with E-state index in [0.717, 1.165) is 35.2 Å². The van der Waals surface area contributed by atoms with E-state index >= 15 is 0 Å². The Labute approximate surface area is 332 Å². The molecule has 0 aromatic heterocycles. The first kappa shape index (κ1) is 52.4. The van der Waals surface area contributed by atoms with Crippen molar-refractivity contribution in [2.75, 3.05) is 0 Å². The Bertz CT molecular complexity index is 1220. The molecule has 3 nitrogen and oxygen atoms in total. The third-order valence-electron chi connectivity index (χ3n) is 11.7. The summed E-state index contributed by atoms with van der Waals surface area (Å²) < 4.78 is 0. The third-order valence-corrected chi connectivity index (χ3v) is 11.7. The molecule has 0 bridgehead atoms. The van der Waals surface area contributed by atoms with Gasteiger partial charge in [0.1, 0.15) is 0 Å². The van der Waals surface area contributed by atoms with Crippen LogP contribution in [-0.4, -0.2) is 11.6 Å². The summed E-state index contributed by atoms with van der Waals surface area (Å²) in [5.41, 5.74) is 11.8. The van der Waals surface area contributed by atoms with Crippen molar-refractivity contribution in [3.05, 3.63) is 97.0 Å². The molecular formula is C50H91N3. The maximum atomic E-state index is 5.52. The summed E-state index contributed by atoms with van der Waals surface area (Å²) in [5, 5.41) is 7.47. The van der Waals surface area contributed by atoms with Gasteiger partial charge in [-0.3, -0.25) is 0 Å². The summed E-state index contributed by atoms with van der Waals surface area (Å²) in [6.07, 6.45) is 8.74. The number of benzene rings is 1. The zero-order valence-corrected chi connectivity index (χ0v) is 38.5. The van der Waals surface area contributed by atoms with Crippen LogP contribution in [0.5, 0.6) is 0 Å². The molecule has 2 aliphatic rings. The zero-order valence-electron chi connectivity index (χ0n) is 38.5. The SMILES string of the molecule is C=C(C)C(C)[C@@H]1C(CC)C1(C)C.C=C(N)C(=C)C(C)CC(C)C.C=C(NC(C(=C)C)C(C)(C)C)NC1(C(C)c2ccccc2)CCCCC1.CC.CC. The van der Waals surface area contributed by atoms with Crippen LogP contribution in [-0.2, 0) is 0 Å². The van der Waals surface area contributed by atoms with Crippen molar-refractivity contribution >= 4 is 0 Å². The molecule has 4 N–H and O–H groups in total. The van der Waals surface area contributed by atoms with Gasteiger partial charge in [-0.25, -0.2) is 0 Å². The molecule has 2 saturated carbocycles. The molecule has 2 aliphatic carbocycles. The first-order valence-corrected chi connectivity index (χ1v) is 21.3. The zero-order chi connectivity index (χ0) is 41.9. The minimum atomic E-state index is 0.0706. The van der Waals surface area contributed by atoms with Crippen LogP contribution in [0.2, 0.25) is 0 Å². The largest absolute Gasteiger partial charge is 0.399 e. The smallest absolute Gasteiger partial charge is 0.0921 e. The molecule has 1 aromatic carbocycles. The normalized spacial score (nSPS) is 20.2. The lowest BCUT2D eigenvalue weighted by Crippen LogP contribution is -2.54. The van der Waals surface area contributed by atoms with Crippen LogP contribution < -0.4 is 16.4 Å². The fourth-order valence-corrected chi connectivity index (χ4v) is 8.53. The topological polar surface area (TPSA) is 50.1 Å². The van der Waals surface area contributed by atoms with Gasteiger partial charge in [-0.05, 0) is 84.7 Å². The van der Waals surface area contributed by atoms with E-state index in [1.165, 1.54) is 49.7 Å². The maximum absolute atomic E-state index is 5.52. The molecule has 0 heterocycles. The molecule has 0 saturated heterocycles. The molecule has 6 atom stereocenters. The van der Waals surface area contributed by atoms with Crippen LogP contribution in [0.15, 0.2) is 91.5 Å². The molecule has 0 aliphatic heterocycles. The predicted molar refractivity (Wildman–Crippen MR) is 243 cm³/mol. The molecule has 3 heteroatoms. The van der Waals surface area contributed by atoms with Gasteiger partial charge in [0.25, 0.3) is 0 Å². The van der Waals surface area contributed by atoms with Crippen LogP contribution in [0.4, 0.5) is 0 Å². The Hall–Kier alpha value is -2.68. The van der Waals surface area contributed by atoms with Gasteiger partial charge in [0.05, 0.1) is 11.9 Å². The minimum Gasteiger partial charge on any atom is -0.399 e. The number of nitrogens with two attached hydrogens (primary N) is 1. The number of hydrogen-bond donors (Lipinski definition) is 3. The van der Waals surface area contributed by atoms with E-state index in [1.54, 1.807) is 0 Å². The Morgan fingerprint density at radius 3 is 1.68 bits per heavy atom. The standard InChI is InChI=1S/C24H38N2.C12H22.C10H19N.2C2H6/c1-18(2)22(23(5,6)7)25-20(4)26-24(16-12-9-13-17-24)19(3)21-14-10-8-11-15-21;1-7-10-11(12(10,5)6)9(4)8(2)3;1-7(2)6-8(3)9(4)10(5)11;2*1-2/h8,10-11,14-15,19,22,25-26H,1,4,9,12-13,16-17H2,2-3,5-7H3;9-11H,2,7H2,1,3-6H3;7-8H,4-6,11H2,1-3H3;2*1-2H3/t;9?,10?,11-;;;/m.1.../s1. The summed E-state index contributed by atoms with van der Waals surface area (Å²) in [7, 11) is 0. The maximum Gasteiger partial charge on any atom is 0.0921 e. The van der Waals surface area contributed by atoms with E-state index in [0.29, 0.717) is 34.8 Å². The number of allylic oxidation sites excluding steroid dienone is 2. The van der Waals surface area contributed by atoms with E-state index in [4.69, 9.17) is 5.73 Å². The van der Waals surface area contributed by atoms with E-state index < -0.39 is 0 Å². The van der Waals surface area contributed by atoms with Gasteiger partial charge in [0, 0.05) is 17.2 Å². The molecule has 3 rings (SSSR count). The van der Waals surface area contributed by atoms with Crippen molar-refractivity contribution in [1.82, 2.24) is 10.6 Å². The van der Waals surface area contributed by atoms with Crippen molar-refractivity contribution in [2.24, 2.45) is 46.2 Å². The lowest BCUT2D eigenvalue weighted by molar-refractivity contribution is 0.202. The lowest BCUT2D eigenvalue weighted by Gasteiger charge is -2.45. The summed E-state index contributed by atoms with van der Waals surface area (Å²) in [6, 6.07) is 11.1. The Kier molecular flexibility index (Phi) is 24.4. The van der Waals surface area contributed by atoms with Gasteiger partial charge in [-0.2, -0.15) is 0 Å². The molecular weight excluding hydrogens is 643 g/mol. The summed E-state index contributed by atoms with van der Waals surface area (Å²) in [5.74, 6) is 5.07. The van der Waals surface area contributed by atoms with E-state index in [2.05, 4.69) is 164 Å². The van der Waals surface area contributed by atoms with Crippen molar-refractivity contribution in [3.63, 3.8) is 0 Å². The Balaban J connectivity index is 0. The molecule has 53 heavy (non-hydrogen) atoms. The molecule has 5 unspecified atom stereocenters. The van der Waals surface area contributed by atoms with Crippen LogP contribution in [0, 0.1) is 40.4 Å². The van der Waals surface area contributed by atoms with Gasteiger partial charge in [-0.15, -0.1) is 0 Å². The highest BCUT2D eigenvalue weighted by Crippen LogP contribution is 2.64. The van der Waals surface area contributed by atoms with E-state index in [-0.39, 0.29) is 17.0 Å². The van der Waals surface area contributed by atoms with Gasteiger partial charge in [0.15, 0.2) is 0 Å². The van der Waals surface area contributed by atoms with Gasteiger partial charge < -0.3 is 16.4 Å². The minimum absolute atomic E-state index is 0.0706. The van der Waals surface area contributed by atoms with Gasteiger partial charge in [0.2, 0.25) is 0 Å². The van der Waals surface area contributed by atoms with Crippen molar-refractivity contribution in [1.29, 1.82) is 0 Å². The van der Waals surface area contributed by atoms with E-state index in [1.807, 2.05) is 27.7 Å². The first-order chi connectivity index (χ1) is 24.5. The average Bonchev–Trinajstić information content (AvgIpc) is 3.67. The second kappa shape index (κ2) is 24.7. The highest BCUT2D eigenvalue weighted by Gasteiger charge is 2.58. The van der Waals surface area contributed by atoms with Crippen molar-refractivity contribution in [3.8, 4) is 0 Å². The van der Waals surface area contributed by atoms with Gasteiger partial charge >= 0.3 is 0 Å². The van der Waals surface area contributed by atoms with Crippen LogP contribution in [0.3, 0.4) is 0 Å². The van der Waals surface area contributed by atoms with Crippen LogP contribution in [0.1, 0.15) is 174 Å². The second-order valence-electron chi connectivity index (χ2n) is 17.8. The molecule has 2 fully saturated rings. The van der Waals surface area contributed by atoms with Crippen LogP contribution in [0.25, 0.3) is 0 Å². The highest BCUT2D eigenvalue weighted by atomic mass is 15.2. The number of rotatable bonds is 14. The number of nitrogens with one attached hydrogen (secondary N) is 2. The van der Waals surface area contributed by atoms with Crippen LogP contribution >= 0.6 is 0 Å². The second-order valence-corrected chi connectivity index (χ2v) is 17.8. The summed E-state index contributed by atoms with van der Waals surface area (Å²) in [4.78, 5) is 0.